The molecule has 4 nitrogen and oxygen atoms in total. The highest BCUT2D eigenvalue weighted by molar-refractivity contribution is 5.76. The first-order valence-corrected chi connectivity index (χ1v) is 7.10. The van der Waals surface area contributed by atoms with E-state index in [1.807, 2.05) is 36.9 Å². The van der Waals surface area contributed by atoms with Crippen LogP contribution >= 0.6 is 0 Å². The van der Waals surface area contributed by atoms with Crippen molar-refractivity contribution in [1.82, 2.24) is 15.2 Å². The van der Waals surface area contributed by atoms with Crippen molar-refractivity contribution in [1.29, 1.82) is 0 Å². The van der Waals surface area contributed by atoms with E-state index in [0.29, 0.717) is 18.9 Å². The monoisotopic (exact) mass is 261 g/mol. The average Bonchev–Trinajstić information content (AvgIpc) is 2.88. The highest BCUT2D eigenvalue weighted by Gasteiger charge is 2.21. The number of aromatic nitrogens is 1. The second-order valence-corrected chi connectivity index (χ2v) is 5.24. The van der Waals surface area contributed by atoms with Gasteiger partial charge < -0.3 is 10.2 Å². The maximum absolute atomic E-state index is 12.3. The zero-order chi connectivity index (χ0) is 13.7. The van der Waals surface area contributed by atoms with E-state index in [9.17, 15) is 4.79 Å². The van der Waals surface area contributed by atoms with E-state index in [4.69, 9.17) is 0 Å². The molecule has 1 fully saturated rings. The van der Waals surface area contributed by atoms with Crippen molar-refractivity contribution in [3.05, 3.63) is 29.6 Å². The van der Waals surface area contributed by atoms with Gasteiger partial charge in [-0.2, -0.15) is 0 Å². The van der Waals surface area contributed by atoms with Crippen LogP contribution in [-0.2, 0) is 11.3 Å². The predicted molar refractivity (Wildman–Crippen MR) is 75.7 cm³/mol. The lowest BCUT2D eigenvalue weighted by Crippen LogP contribution is -2.32. The van der Waals surface area contributed by atoms with Crippen LogP contribution in [0.1, 0.15) is 31.2 Å². The zero-order valence-electron chi connectivity index (χ0n) is 11.9. The van der Waals surface area contributed by atoms with Gasteiger partial charge in [0.15, 0.2) is 0 Å². The molecule has 0 spiro atoms. The molecule has 1 saturated heterocycles. The minimum Gasteiger partial charge on any atom is -0.337 e. The minimum atomic E-state index is 0.250. The van der Waals surface area contributed by atoms with Gasteiger partial charge in [0.05, 0.1) is 12.2 Å². The number of hydrogen-bond donors (Lipinski definition) is 1. The van der Waals surface area contributed by atoms with Gasteiger partial charge in [-0.1, -0.05) is 6.07 Å². The summed E-state index contributed by atoms with van der Waals surface area (Å²) in [6.07, 6.45) is 1.78. The summed E-state index contributed by atoms with van der Waals surface area (Å²) in [6, 6.07) is 5.96. The molecule has 1 unspecified atom stereocenters. The molecule has 19 heavy (non-hydrogen) atoms. The standard InChI is InChI=1S/C15H23N3O/c1-3-18(11-14-6-4-5-12(2)17-14)15(19)9-13-7-8-16-10-13/h4-6,13,16H,3,7-11H2,1-2H3. The van der Waals surface area contributed by atoms with Crippen molar-refractivity contribution in [3.8, 4) is 0 Å². The van der Waals surface area contributed by atoms with Crippen molar-refractivity contribution in [2.45, 2.75) is 33.2 Å². The molecule has 1 aromatic heterocycles. The largest absolute Gasteiger partial charge is 0.337 e. The predicted octanol–water partition coefficient (Wildman–Crippen LogP) is 1.74. The fourth-order valence-electron chi connectivity index (χ4n) is 2.52. The number of carbonyl (C=O) groups is 1. The summed E-state index contributed by atoms with van der Waals surface area (Å²) in [7, 11) is 0. The summed E-state index contributed by atoms with van der Waals surface area (Å²) >= 11 is 0. The molecule has 1 aliphatic heterocycles. The Bertz CT molecular complexity index is 427. The molecule has 0 radical (unpaired) electrons. The van der Waals surface area contributed by atoms with Gasteiger partial charge in [-0.05, 0) is 51.4 Å². The third kappa shape index (κ3) is 4.03. The highest BCUT2D eigenvalue weighted by atomic mass is 16.2. The Kier molecular flexibility index (Phi) is 4.91. The molecule has 1 aromatic rings. The van der Waals surface area contributed by atoms with Gasteiger partial charge in [0, 0.05) is 18.7 Å². The van der Waals surface area contributed by atoms with Crippen LogP contribution in [0.5, 0.6) is 0 Å². The summed E-state index contributed by atoms with van der Waals surface area (Å²) in [5, 5.41) is 3.31. The van der Waals surface area contributed by atoms with Crippen molar-refractivity contribution in [2.75, 3.05) is 19.6 Å². The van der Waals surface area contributed by atoms with Crippen LogP contribution in [0.3, 0.4) is 0 Å². The molecule has 1 N–H and O–H groups in total. The number of rotatable bonds is 5. The Balaban J connectivity index is 1.93. The molecule has 0 aromatic carbocycles. The van der Waals surface area contributed by atoms with Gasteiger partial charge in [0.25, 0.3) is 0 Å². The fraction of sp³-hybridized carbons (Fsp3) is 0.600. The Morgan fingerprint density at radius 2 is 2.37 bits per heavy atom. The number of amides is 1. The average molecular weight is 261 g/mol. The maximum Gasteiger partial charge on any atom is 0.223 e. The van der Waals surface area contributed by atoms with Gasteiger partial charge in [-0.25, -0.2) is 0 Å². The van der Waals surface area contributed by atoms with Crippen LogP contribution in [0.25, 0.3) is 0 Å². The molecule has 0 aliphatic carbocycles. The molecule has 2 rings (SSSR count). The highest BCUT2D eigenvalue weighted by Crippen LogP contribution is 2.15. The van der Waals surface area contributed by atoms with Crippen molar-refractivity contribution < 1.29 is 4.79 Å². The van der Waals surface area contributed by atoms with E-state index in [1.54, 1.807) is 0 Å². The normalized spacial score (nSPS) is 18.5. The second-order valence-electron chi connectivity index (χ2n) is 5.24. The van der Waals surface area contributed by atoms with Gasteiger partial charge in [-0.15, -0.1) is 0 Å². The third-order valence-corrected chi connectivity index (χ3v) is 3.66. The fourth-order valence-corrected chi connectivity index (χ4v) is 2.52. The summed E-state index contributed by atoms with van der Waals surface area (Å²) in [5.41, 5.74) is 1.97. The quantitative estimate of drug-likeness (QED) is 0.878. The van der Waals surface area contributed by atoms with Crippen LogP contribution in [0.4, 0.5) is 0 Å². The van der Waals surface area contributed by atoms with E-state index >= 15 is 0 Å². The molecular weight excluding hydrogens is 238 g/mol. The number of pyridine rings is 1. The number of nitrogens with one attached hydrogen (secondary N) is 1. The first-order valence-electron chi connectivity index (χ1n) is 7.10. The SMILES string of the molecule is CCN(Cc1cccc(C)n1)C(=O)CC1CCNC1. The Morgan fingerprint density at radius 3 is 3.00 bits per heavy atom. The lowest BCUT2D eigenvalue weighted by atomic mass is 10.0. The summed E-state index contributed by atoms with van der Waals surface area (Å²) in [5.74, 6) is 0.756. The van der Waals surface area contributed by atoms with E-state index in [-0.39, 0.29) is 5.91 Å². The third-order valence-electron chi connectivity index (χ3n) is 3.66. The van der Waals surface area contributed by atoms with Gasteiger partial charge in [0.1, 0.15) is 0 Å². The zero-order valence-corrected chi connectivity index (χ0v) is 11.9. The lowest BCUT2D eigenvalue weighted by Gasteiger charge is -2.22. The Labute approximate surface area is 115 Å². The molecule has 1 aliphatic rings. The van der Waals surface area contributed by atoms with Gasteiger partial charge in [0.2, 0.25) is 5.91 Å². The van der Waals surface area contributed by atoms with E-state index in [0.717, 1.165) is 37.4 Å². The molecule has 1 amide bonds. The van der Waals surface area contributed by atoms with Crippen LogP contribution in [-0.4, -0.2) is 35.4 Å². The minimum absolute atomic E-state index is 0.250. The van der Waals surface area contributed by atoms with Crippen molar-refractivity contribution in [3.63, 3.8) is 0 Å². The number of nitrogens with zero attached hydrogens (tertiary/aromatic N) is 2. The first kappa shape index (κ1) is 14.0. The van der Waals surface area contributed by atoms with Crippen molar-refractivity contribution in [2.24, 2.45) is 5.92 Å². The molecule has 0 bridgehead atoms. The summed E-state index contributed by atoms with van der Waals surface area (Å²) in [6.45, 7) is 7.40. The molecule has 104 valence electrons. The van der Waals surface area contributed by atoms with Gasteiger partial charge >= 0.3 is 0 Å². The van der Waals surface area contributed by atoms with E-state index < -0.39 is 0 Å². The smallest absolute Gasteiger partial charge is 0.223 e. The number of hydrogen-bond acceptors (Lipinski definition) is 3. The maximum atomic E-state index is 12.3. The van der Waals surface area contributed by atoms with E-state index in [2.05, 4.69) is 10.3 Å². The molecule has 2 heterocycles. The molecule has 4 heteroatoms. The van der Waals surface area contributed by atoms with Crippen LogP contribution < -0.4 is 5.32 Å². The molecule has 0 saturated carbocycles. The Morgan fingerprint density at radius 1 is 1.53 bits per heavy atom. The Hall–Kier alpha value is -1.42. The van der Waals surface area contributed by atoms with Crippen LogP contribution in [0.2, 0.25) is 0 Å². The lowest BCUT2D eigenvalue weighted by molar-refractivity contribution is -0.132. The summed E-state index contributed by atoms with van der Waals surface area (Å²) in [4.78, 5) is 18.7. The van der Waals surface area contributed by atoms with Gasteiger partial charge in [-0.3, -0.25) is 9.78 Å². The summed E-state index contributed by atoms with van der Waals surface area (Å²) < 4.78 is 0. The molecule has 1 atom stereocenters. The molecular formula is C15H23N3O. The van der Waals surface area contributed by atoms with Crippen LogP contribution in [0.15, 0.2) is 18.2 Å². The first-order chi connectivity index (χ1) is 9.19. The number of aryl methyl sites for hydroxylation is 1. The topological polar surface area (TPSA) is 45.2 Å². The second kappa shape index (κ2) is 6.66. The van der Waals surface area contributed by atoms with Crippen LogP contribution in [0, 0.1) is 12.8 Å². The van der Waals surface area contributed by atoms with Crippen molar-refractivity contribution >= 4 is 5.91 Å². The number of carbonyl (C=O) groups excluding carboxylic acids is 1. The van der Waals surface area contributed by atoms with E-state index in [1.165, 1.54) is 0 Å².